The molecule has 0 fully saturated rings. The van der Waals surface area contributed by atoms with E-state index in [9.17, 15) is 10.1 Å². The summed E-state index contributed by atoms with van der Waals surface area (Å²) in [6.07, 6.45) is 2.07. The lowest BCUT2D eigenvalue weighted by Crippen LogP contribution is -2.26. The second-order valence-electron chi connectivity index (χ2n) is 7.23. The Bertz CT molecular complexity index is 973. The Morgan fingerprint density at radius 1 is 1.33 bits per heavy atom. The summed E-state index contributed by atoms with van der Waals surface area (Å²) in [6, 6.07) is 7.53. The molecule has 0 bridgehead atoms. The molecule has 0 radical (unpaired) electrons. The van der Waals surface area contributed by atoms with Gasteiger partial charge in [0.25, 0.3) is 5.91 Å². The van der Waals surface area contributed by atoms with Gasteiger partial charge in [0, 0.05) is 18.7 Å². The number of aryl methyl sites for hydroxylation is 1. The Hall–Kier alpha value is -2.98. The lowest BCUT2D eigenvalue weighted by molar-refractivity contribution is -0.117. The fourth-order valence-electron chi connectivity index (χ4n) is 2.94. The molecular weight excluding hydrogens is 404 g/mol. The molecule has 0 aliphatic carbocycles. The van der Waals surface area contributed by atoms with Crippen LogP contribution < -0.4 is 14.8 Å². The highest BCUT2D eigenvalue weighted by Gasteiger charge is 2.16. The normalized spacial score (nSPS) is 11.3. The summed E-state index contributed by atoms with van der Waals surface area (Å²) in [5, 5.41) is 17.1. The fraction of sp³-hybridized carbons (Fsp3) is 0.409. The van der Waals surface area contributed by atoms with E-state index in [0.29, 0.717) is 53.3 Å². The summed E-state index contributed by atoms with van der Waals surface area (Å²) in [4.78, 5) is 12.5. The van der Waals surface area contributed by atoms with Crippen LogP contribution in [0.2, 0.25) is 5.15 Å². The zero-order valence-electron chi connectivity index (χ0n) is 18.0. The van der Waals surface area contributed by atoms with Crippen LogP contribution in [0, 0.1) is 24.2 Å². The highest BCUT2D eigenvalue weighted by molar-refractivity contribution is 6.31. The van der Waals surface area contributed by atoms with Gasteiger partial charge in [0.1, 0.15) is 16.8 Å². The maximum absolute atomic E-state index is 12.5. The summed E-state index contributed by atoms with van der Waals surface area (Å²) in [6.45, 7) is 6.96. The zero-order valence-corrected chi connectivity index (χ0v) is 18.7. The average Bonchev–Trinajstić information content (AvgIpc) is 2.97. The number of nitrogens with zero attached hydrogens (tertiary/aromatic N) is 3. The van der Waals surface area contributed by atoms with Gasteiger partial charge in [-0.15, -0.1) is 0 Å². The van der Waals surface area contributed by atoms with Crippen molar-refractivity contribution in [3.8, 4) is 17.6 Å². The molecule has 0 unspecified atom stereocenters. The van der Waals surface area contributed by atoms with E-state index in [0.717, 1.165) is 5.56 Å². The first kappa shape index (κ1) is 23.3. The third-order valence-electron chi connectivity index (χ3n) is 4.45. The Morgan fingerprint density at radius 3 is 2.63 bits per heavy atom. The van der Waals surface area contributed by atoms with Crippen molar-refractivity contribution in [1.29, 1.82) is 5.26 Å². The van der Waals surface area contributed by atoms with E-state index in [4.69, 9.17) is 21.1 Å². The molecule has 2 rings (SSSR count). The van der Waals surface area contributed by atoms with Crippen LogP contribution in [0.5, 0.6) is 11.5 Å². The summed E-state index contributed by atoms with van der Waals surface area (Å²) in [5.74, 6) is 1.19. The van der Waals surface area contributed by atoms with Crippen LogP contribution >= 0.6 is 11.6 Å². The van der Waals surface area contributed by atoms with Gasteiger partial charge < -0.3 is 14.8 Å². The molecule has 0 spiro atoms. The highest BCUT2D eigenvalue weighted by atomic mass is 35.5. The van der Waals surface area contributed by atoms with E-state index in [1.165, 1.54) is 6.08 Å². The van der Waals surface area contributed by atoms with E-state index < -0.39 is 5.91 Å². The van der Waals surface area contributed by atoms with E-state index in [-0.39, 0.29) is 5.57 Å². The third-order valence-corrected chi connectivity index (χ3v) is 4.85. The molecule has 30 heavy (non-hydrogen) atoms. The topological polar surface area (TPSA) is 89.2 Å². The van der Waals surface area contributed by atoms with Crippen LogP contribution in [0.15, 0.2) is 23.8 Å². The van der Waals surface area contributed by atoms with Gasteiger partial charge in [0.15, 0.2) is 11.5 Å². The molecule has 8 heteroatoms. The van der Waals surface area contributed by atoms with Gasteiger partial charge in [0.05, 0.1) is 19.9 Å². The van der Waals surface area contributed by atoms with Crippen molar-refractivity contribution in [3.05, 3.63) is 45.7 Å². The van der Waals surface area contributed by atoms with Gasteiger partial charge in [-0.2, -0.15) is 10.4 Å². The number of nitrogens with one attached hydrogen (secondary N) is 1. The second-order valence-corrected chi connectivity index (χ2v) is 7.59. The minimum absolute atomic E-state index is 0.0172. The van der Waals surface area contributed by atoms with Gasteiger partial charge in [-0.25, -0.2) is 0 Å². The van der Waals surface area contributed by atoms with Gasteiger partial charge in [0.2, 0.25) is 0 Å². The third kappa shape index (κ3) is 5.77. The van der Waals surface area contributed by atoms with Crippen molar-refractivity contribution in [2.24, 2.45) is 5.92 Å². The quantitative estimate of drug-likeness (QED) is 0.483. The number of carbonyl (C=O) groups excluding carboxylic acids is 1. The highest BCUT2D eigenvalue weighted by Crippen LogP contribution is 2.27. The molecule has 7 nitrogen and oxygen atoms in total. The summed E-state index contributed by atoms with van der Waals surface area (Å²) in [5.41, 5.74) is 2.22. The molecule has 2 aromatic rings. The number of methoxy groups -OCH3 is 2. The van der Waals surface area contributed by atoms with Gasteiger partial charge in [-0.1, -0.05) is 31.5 Å². The second kappa shape index (κ2) is 10.7. The molecular formula is C22H27ClN4O3. The molecule has 1 N–H and O–H groups in total. The van der Waals surface area contributed by atoms with Crippen LogP contribution in [0.25, 0.3) is 6.08 Å². The number of rotatable bonds is 9. The molecule has 0 saturated heterocycles. The monoisotopic (exact) mass is 430 g/mol. The number of hydrogen-bond donors (Lipinski definition) is 1. The van der Waals surface area contributed by atoms with Crippen molar-refractivity contribution in [1.82, 2.24) is 15.1 Å². The first-order valence-corrected chi connectivity index (χ1v) is 10.0. The Morgan fingerprint density at radius 2 is 2.03 bits per heavy atom. The smallest absolute Gasteiger partial charge is 0.261 e. The Labute approximate surface area is 182 Å². The lowest BCUT2D eigenvalue weighted by atomic mass is 10.1. The molecule has 1 amide bonds. The number of nitriles is 1. The minimum Gasteiger partial charge on any atom is -0.493 e. The molecule has 0 atom stereocenters. The van der Waals surface area contributed by atoms with Crippen LogP contribution in [-0.4, -0.2) is 36.5 Å². The maximum Gasteiger partial charge on any atom is 0.261 e. The predicted molar refractivity (Wildman–Crippen MR) is 117 cm³/mol. The minimum atomic E-state index is -0.454. The number of amides is 1. The van der Waals surface area contributed by atoms with Gasteiger partial charge in [-0.3, -0.25) is 9.48 Å². The van der Waals surface area contributed by atoms with Crippen molar-refractivity contribution in [2.75, 3.05) is 20.8 Å². The van der Waals surface area contributed by atoms with Crippen molar-refractivity contribution in [3.63, 3.8) is 0 Å². The molecule has 0 aliphatic rings. The van der Waals surface area contributed by atoms with Crippen LogP contribution in [0.4, 0.5) is 0 Å². The number of benzene rings is 1. The Kier molecular flexibility index (Phi) is 8.31. The number of carbonyl (C=O) groups is 1. The van der Waals surface area contributed by atoms with Gasteiger partial charge in [-0.05, 0) is 43.0 Å². The standard InChI is InChI=1S/C22H27ClN4O3/c1-14(2)13-27-21(23)18(15(3)26-27)11-17(12-24)22(28)25-9-8-16-6-7-19(29-4)20(10-16)30-5/h6-7,10-11,14H,8-9,13H2,1-5H3,(H,25,28)/b17-11+. The predicted octanol–water partition coefficient (Wildman–Crippen LogP) is 3.78. The van der Waals surface area contributed by atoms with Crippen LogP contribution in [0.1, 0.15) is 30.7 Å². The molecule has 0 saturated carbocycles. The first-order valence-electron chi connectivity index (χ1n) is 9.64. The Balaban J connectivity index is 2.07. The number of aromatic nitrogens is 2. The maximum atomic E-state index is 12.5. The summed E-state index contributed by atoms with van der Waals surface area (Å²) in [7, 11) is 3.15. The molecule has 1 heterocycles. The fourth-order valence-corrected chi connectivity index (χ4v) is 3.24. The average molecular weight is 431 g/mol. The SMILES string of the molecule is COc1ccc(CCNC(=O)/C(C#N)=C/c2c(C)nn(CC(C)C)c2Cl)cc1OC. The molecule has 1 aromatic carbocycles. The molecule has 0 aliphatic heterocycles. The zero-order chi connectivity index (χ0) is 22.3. The summed E-state index contributed by atoms with van der Waals surface area (Å²) < 4.78 is 12.2. The molecule has 160 valence electrons. The van der Waals surface area contributed by atoms with E-state index in [1.54, 1.807) is 25.8 Å². The number of hydrogen-bond acceptors (Lipinski definition) is 5. The van der Waals surface area contributed by atoms with Crippen LogP contribution in [-0.2, 0) is 17.8 Å². The van der Waals surface area contributed by atoms with E-state index in [2.05, 4.69) is 24.3 Å². The largest absolute Gasteiger partial charge is 0.493 e. The van der Waals surface area contributed by atoms with E-state index >= 15 is 0 Å². The van der Waals surface area contributed by atoms with Crippen molar-refractivity contribution < 1.29 is 14.3 Å². The van der Waals surface area contributed by atoms with Crippen molar-refractivity contribution in [2.45, 2.75) is 33.7 Å². The summed E-state index contributed by atoms with van der Waals surface area (Å²) >= 11 is 6.41. The first-order chi connectivity index (χ1) is 14.3. The van der Waals surface area contributed by atoms with Crippen molar-refractivity contribution >= 4 is 23.6 Å². The number of halogens is 1. The number of ether oxygens (including phenoxy) is 2. The van der Waals surface area contributed by atoms with Crippen LogP contribution in [0.3, 0.4) is 0 Å². The molecule has 1 aromatic heterocycles. The lowest BCUT2D eigenvalue weighted by Gasteiger charge is -2.10. The van der Waals surface area contributed by atoms with E-state index in [1.807, 2.05) is 24.3 Å². The van der Waals surface area contributed by atoms with Gasteiger partial charge >= 0.3 is 0 Å².